The van der Waals surface area contributed by atoms with E-state index in [2.05, 4.69) is 0 Å². The summed E-state index contributed by atoms with van der Waals surface area (Å²) in [4.78, 5) is 22.9. The standard InChI is InChI=1S/C22H34O4/c23-21(24)15-7-9-17-13(11-15)3-1-5-19(17)20-6-2-4-14-12-16(22(25)26)8-10-18(14)20/h13-20H,1-12H2,(H,23,24)(H,25,26). The van der Waals surface area contributed by atoms with Crippen molar-refractivity contribution in [2.24, 2.45) is 47.3 Å². The maximum atomic E-state index is 11.4. The van der Waals surface area contributed by atoms with Gasteiger partial charge in [0.05, 0.1) is 11.8 Å². The van der Waals surface area contributed by atoms with Crippen LogP contribution in [-0.2, 0) is 9.59 Å². The first kappa shape index (κ1) is 18.3. The lowest BCUT2D eigenvalue weighted by Crippen LogP contribution is -2.44. The Balaban J connectivity index is 1.46. The molecule has 0 aromatic heterocycles. The summed E-state index contributed by atoms with van der Waals surface area (Å²) in [6.45, 7) is 0. The van der Waals surface area contributed by atoms with Crippen molar-refractivity contribution in [1.29, 1.82) is 0 Å². The van der Waals surface area contributed by atoms with E-state index in [1.807, 2.05) is 0 Å². The minimum absolute atomic E-state index is 0.111. The van der Waals surface area contributed by atoms with Crippen molar-refractivity contribution < 1.29 is 19.8 Å². The molecular weight excluding hydrogens is 328 g/mol. The van der Waals surface area contributed by atoms with E-state index in [0.29, 0.717) is 11.8 Å². The summed E-state index contributed by atoms with van der Waals surface area (Å²) in [5, 5.41) is 18.8. The number of carboxylic acids is 2. The van der Waals surface area contributed by atoms with Gasteiger partial charge in [0.2, 0.25) is 0 Å². The molecule has 0 spiro atoms. The Labute approximate surface area is 156 Å². The van der Waals surface area contributed by atoms with Gasteiger partial charge in [0.15, 0.2) is 0 Å². The molecule has 0 aliphatic heterocycles. The molecule has 4 aliphatic rings. The van der Waals surface area contributed by atoms with E-state index in [0.717, 1.165) is 62.2 Å². The number of carboxylic acid groups (broad SMARTS) is 2. The molecular formula is C22H34O4. The van der Waals surface area contributed by atoms with Gasteiger partial charge in [0.25, 0.3) is 0 Å². The highest BCUT2D eigenvalue weighted by atomic mass is 16.4. The first-order valence-electron chi connectivity index (χ1n) is 11.0. The Morgan fingerprint density at radius 2 is 0.962 bits per heavy atom. The summed E-state index contributed by atoms with van der Waals surface area (Å²) >= 11 is 0. The predicted octanol–water partition coefficient (Wildman–Crippen LogP) is 4.82. The number of hydrogen-bond donors (Lipinski definition) is 2. The molecule has 4 rings (SSSR count). The zero-order chi connectivity index (χ0) is 18.3. The predicted molar refractivity (Wildman–Crippen MR) is 98.6 cm³/mol. The molecule has 4 fully saturated rings. The lowest BCUT2D eigenvalue weighted by atomic mass is 9.53. The van der Waals surface area contributed by atoms with E-state index in [9.17, 15) is 19.8 Å². The Kier molecular flexibility index (Phi) is 5.29. The highest BCUT2D eigenvalue weighted by Gasteiger charge is 2.47. The fourth-order valence-corrected chi connectivity index (χ4v) is 7.54. The van der Waals surface area contributed by atoms with Crippen molar-refractivity contribution in [3.8, 4) is 0 Å². The third-order valence-corrected chi connectivity index (χ3v) is 8.66. The first-order chi connectivity index (χ1) is 12.5. The van der Waals surface area contributed by atoms with Crippen molar-refractivity contribution >= 4 is 11.9 Å². The normalized spacial score (nSPS) is 46.0. The third kappa shape index (κ3) is 3.41. The van der Waals surface area contributed by atoms with E-state index in [-0.39, 0.29) is 11.8 Å². The molecule has 0 aromatic rings. The topological polar surface area (TPSA) is 74.6 Å². The Morgan fingerprint density at radius 3 is 1.35 bits per heavy atom. The summed E-state index contributed by atoms with van der Waals surface area (Å²) in [7, 11) is 0. The van der Waals surface area contributed by atoms with E-state index >= 15 is 0 Å². The maximum absolute atomic E-state index is 11.4. The van der Waals surface area contributed by atoms with Crippen LogP contribution in [0.3, 0.4) is 0 Å². The van der Waals surface area contributed by atoms with Crippen LogP contribution in [0.4, 0.5) is 0 Å². The van der Waals surface area contributed by atoms with Crippen molar-refractivity contribution in [2.45, 2.75) is 77.0 Å². The van der Waals surface area contributed by atoms with Crippen molar-refractivity contribution in [3.05, 3.63) is 0 Å². The molecule has 4 aliphatic carbocycles. The van der Waals surface area contributed by atoms with Crippen LogP contribution >= 0.6 is 0 Å². The van der Waals surface area contributed by atoms with Gasteiger partial charge in [-0.2, -0.15) is 0 Å². The Morgan fingerprint density at radius 1 is 0.538 bits per heavy atom. The minimum atomic E-state index is -0.588. The second-order valence-electron chi connectivity index (χ2n) is 9.73. The first-order valence-corrected chi connectivity index (χ1v) is 11.0. The van der Waals surface area contributed by atoms with E-state index < -0.39 is 11.9 Å². The van der Waals surface area contributed by atoms with Crippen LogP contribution in [0.5, 0.6) is 0 Å². The van der Waals surface area contributed by atoms with Gasteiger partial charge in [-0.1, -0.05) is 25.7 Å². The highest BCUT2D eigenvalue weighted by Crippen LogP contribution is 2.55. The second kappa shape index (κ2) is 7.52. The molecule has 4 heteroatoms. The molecule has 0 saturated heterocycles. The molecule has 0 aromatic carbocycles. The molecule has 4 saturated carbocycles. The third-order valence-electron chi connectivity index (χ3n) is 8.66. The minimum Gasteiger partial charge on any atom is -0.481 e. The SMILES string of the molecule is O=C(O)C1CCC2C(CCCC2C2CCCC3CC(C(=O)O)CCC32)C1. The summed E-state index contributed by atoms with van der Waals surface area (Å²) < 4.78 is 0. The number of aliphatic carboxylic acids is 2. The highest BCUT2D eigenvalue weighted by molar-refractivity contribution is 5.70. The van der Waals surface area contributed by atoms with Crippen LogP contribution in [0.25, 0.3) is 0 Å². The molecule has 0 amide bonds. The fourth-order valence-electron chi connectivity index (χ4n) is 7.54. The summed E-state index contributed by atoms with van der Waals surface area (Å²) in [6.07, 6.45) is 13.4. The smallest absolute Gasteiger partial charge is 0.306 e. The number of carbonyl (C=O) groups is 2. The average Bonchev–Trinajstić information content (AvgIpc) is 2.66. The summed E-state index contributed by atoms with van der Waals surface area (Å²) in [5.74, 6) is 2.88. The Hall–Kier alpha value is -1.06. The lowest BCUT2D eigenvalue weighted by Gasteiger charge is -2.52. The molecule has 0 radical (unpaired) electrons. The largest absolute Gasteiger partial charge is 0.481 e. The van der Waals surface area contributed by atoms with E-state index in [4.69, 9.17) is 0 Å². The zero-order valence-corrected chi connectivity index (χ0v) is 15.8. The van der Waals surface area contributed by atoms with Crippen molar-refractivity contribution in [1.82, 2.24) is 0 Å². The lowest BCUT2D eigenvalue weighted by molar-refractivity contribution is -0.147. The van der Waals surface area contributed by atoms with Crippen molar-refractivity contribution in [3.63, 3.8) is 0 Å². The maximum Gasteiger partial charge on any atom is 0.306 e. The second-order valence-corrected chi connectivity index (χ2v) is 9.73. The Bertz CT molecular complexity index is 496. The molecule has 8 unspecified atom stereocenters. The quantitative estimate of drug-likeness (QED) is 0.755. The van der Waals surface area contributed by atoms with Crippen LogP contribution in [-0.4, -0.2) is 22.2 Å². The van der Waals surface area contributed by atoms with Crippen LogP contribution in [0.2, 0.25) is 0 Å². The van der Waals surface area contributed by atoms with Crippen LogP contribution in [0, 0.1) is 47.3 Å². The van der Waals surface area contributed by atoms with Crippen LogP contribution in [0.1, 0.15) is 77.0 Å². The van der Waals surface area contributed by atoms with Gasteiger partial charge in [-0.3, -0.25) is 9.59 Å². The monoisotopic (exact) mass is 362 g/mol. The van der Waals surface area contributed by atoms with Crippen LogP contribution in [0.15, 0.2) is 0 Å². The molecule has 26 heavy (non-hydrogen) atoms. The van der Waals surface area contributed by atoms with Gasteiger partial charge in [0.1, 0.15) is 0 Å². The molecule has 8 atom stereocenters. The summed E-state index contributed by atoms with van der Waals surface area (Å²) in [6, 6.07) is 0. The molecule has 2 N–H and O–H groups in total. The van der Waals surface area contributed by atoms with Gasteiger partial charge in [-0.05, 0) is 86.9 Å². The molecule has 0 heterocycles. The van der Waals surface area contributed by atoms with Gasteiger partial charge in [-0.25, -0.2) is 0 Å². The van der Waals surface area contributed by atoms with Gasteiger partial charge < -0.3 is 10.2 Å². The fraction of sp³-hybridized carbons (Fsp3) is 0.909. The van der Waals surface area contributed by atoms with Gasteiger partial charge in [-0.15, -0.1) is 0 Å². The van der Waals surface area contributed by atoms with Crippen LogP contribution < -0.4 is 0 Å². The van der Waals surface area contributed by atoms with E-state index in [1.54, 1.807) is 0 Å². The number of fused-ring (bicyclic) bond motifs is 2. The molecule has 4 nitrogen and oxygen atoms in total. The van der Waals surface area contributed by atoms with Gasteiger partial charge >= 0.3 is 11.9 Å². The zero-order valence-electron chi connectivity index (χ0n) is 15.8. The summed E-state index contributed by atoms with van der Waals surface area (Å²) in [5.41, 5.74) is 0. The van der Waals surface area contributed by atoms with Crippen molar-refractivity contribution in [2.75, 3.05) is 0 Å². The number of rotatable bonds is 3. The average molecular weight is 363 g/mol. The molecule has 0 bridgehead atoms. The number of hydrogen-bond acceptors (Lipinski definition) is 2. The van der Waals surface area contributed by atoms with Gasteiger partial charge in [0, 0.05) is 0 Å². The van der Waals surface area contributed by atoms with E-state index in [1.165, 1.54) is 38.5 Å². The molecule has 146 valence electrons.